The van der Waals surface area contributed by atoms with E-state index in [1.807, 2.05) is 84.9 Å². The van der Waals surface area contributed by atoms with Crippen LogP contribution in [0.5, 0.6) is 5.75 Å². The Morgan fingerprint density at radius 2 is 1.23 bits per heavy atom. The quantitative estimate of drug-likeness (QED) is 0.0892. The molecule has 0 atom stereocenters. The highest BCUT2D eigenvalue weighted by atomic mass is 16.5. The maximum absolute atomic E-state index is 12.2. The predicted octanol–water partition coefficient (Wildman–Crippen LogP) is 7.82. The number of hydrogen-bond acceptors (Lipinski definition) is 7. The molecular formula is C41H38N8O3. The molecule has 2 aliphatic rings. The van der Waals surface area contributed by atoms with Crippen molar-refractivity contribution in [2.45, 2.75) is 27.2 Å². The van der Waals surface area contributed by atoms with Gasteiger partial charge in [-0.15, -0.1) is 0 Å². The van der Waals surface area contributed by atoms with Gasteiger partial charge in [0.1, 0.15) is 17.4 Å². The van der Waals surface area contributed by atoms with Crippen molar-refractivity contribution in [3.05, 3.63) is 149 Å². The van der Waals surface area contributed by atoms with Gasteiger partial charge in [-0.1, -0.05) is 66.2 Å². The number of nitrogens with one attached hydrogen (secondary N) is 6. The summed E-state index contributed by atoms with van der Waals surface area (Å²) in [7, 11) is 1.63. The molecule has 0 fully saturated rings. The van der Waals surface area contributed by atoms with Crippen molar-refractivity contribution in [2.75, 3.05) is 28.4 Å². The van der Waals surface area contributed by atoms with Crippen LogP contribution in [0.2, 0.25) is 0 Å². The second kappa shape index (κ2) is 14.5. The zero-order valence-corrected chi connectivity index (χ0v) is 29.2. The van der Waals surface area contributed by atoms with E-state index in [2.05, 4.69) is 74.6 Å². The lowest BCUT2D eigenvalue weighted by Gasteiger charge is -2.09. The first-order valence-electron chi connectivity index (χ1n) is 16.8. The largest absolute Gasteiger partial charge is 0.496 e. The van der Waals surface area contributed by atoms with E-state index in [0.29, 0.717) is 17.0 Å². The van der Waals surface area contributed by atoms with E-state index in [9.17, 15) is 9.59 Å². The Labute approximate surface area is 301 Å². The highest BCUT2D eigenvalue weighted by Gasteiger charge is 2.24. The fourth-order valence-electron chi connectivity index (χ4n) is 6.29. The van der Waals surface area contributed by atoms with Crippen LogP contribution in [-0.4, -0.2) is 39.3 Å². The monoisotopic (exact) mass is 690 g/mol. The number of carbonyl (C=O) groups excluding carboxylic acids is 2. The average Bonchev–Trinajstić information content (AvgIpc) is 3.94. The Morgan fingerprint density at radius 1 is 0.673 bits per heavy atom. The highest BCUT2D eigenvalue weighted by molar-refractivity contribution is 6.32. The number of hydrogen-bond donors (Lipinski definition) is 6. The van der Waals surface area contributed by atoms with Crippen molar-refractivity contribution in [1.29, 1.82) is 0 Å². The Morgan fingerprint density at radius 3 is 1.87 bits per heavy atom. The number of aryl methyl sites for hydroxylation is 2. The van der Waals surface area contributed by atoms with Crippen LogP contribution >= 0.6 is 0 Å². The van der Waals surface area contributed by atoms with Gasteiger partial charge in [0, 0.05) is 59.0 Å². The molecule has 4 heterocycles. The van der Waals surface area contributed by atoms with E-state index in [1.54, 1.807) is 19.5 Å². The van der Waals surface area contributed by atoms with Crippen LogP contribution in [0, 0.1) is 20.8 Å². The molecule has 0 unspecified atom stereocenters. The third kappa shape index (κ3) is 7.06. The maximum atomic E-state index is 12.2. The number of carbonyl (C=O) groups is 2. The number of para-hydroxylation sites is 3. The van der Waals surface area contributed by atoms with E-state index in [0.717, 1.165) is 57.4 Å². The number of anilines is 4. The van der Waals surface area contributed by atoms with Gasteiger partial charge >= 0.3 is 0 Å². The third-order valence-electron chi connectivity index (χ3n) is 9.05. The van der Waals surface area contributed by atoms with E-state index in [4.69, 9.17) is 4.74 Å². The molecule has 2 aromatic heterocycles. The van der Waals surface area contributed by atoms with E-state index < -0.39 is 0 Å². The molecule has 6 N–H and O–H groups in total. The lowest BCUT2D eigenvalue weighted by Crippen LogP contribution is -2.05. The Balaban J connectivity index is 0.000000162. The Hall–Kier alpha value is -6.88. The first-order chi connectivity index (χ1) is 25.3. The predicted molar refractivity (Wildman–Crippen MR) is 206 cm³/mol. The van der Waals surface area contributed by atoms with Gasteiger partial charge in [-0.25, -0.2) is 0 Å². The van der Waals surface area contributed by atoms with Crippen molar-refractivity contribution in [3.8, 4) is 17.0 Å². The molecule has 8 rings (SSSR count). The van der Waals surface area contributed by atoms with Crippen LogP contribution in [0.1, 0.15) is 39.1 Å². The number of amides is 2. The molecule has 52 heavy (non-hydrogen) atoms. The van der Waals surface area contributed by atoms with Gasteiger partial charge in [0.25, 0.3) is 11.8 Å². The lowest BCUT2D eigenvalue weighted by molar-refractivity contribution is -0.111. The molecule has 4 aromatic carbocycles. The molecule has 0 spiro atoms. The van der Waals surface area contributed by atoms with Crippen molar-refractivity contribution < 1.29 is 14.3 Å². The zero-order chi connectivity index (χ0) is 36.2. The molecule has 0 radical (unpaired) electrons. The second-order valence-electron chi connectivity index (χ2n) is 12.6. The minimum Gasteiger partial charge on any atom is -0.496 e. The smallest absolute Gasteiger partial charge is 0.257 e. The first-order valence-corrected chi connectivity index (χ1v) is 16.8. The summed E-state index contributed by atoms with van der Waals surface area (Å²) in [6.45, 7) is 6.40. The number of fused-ring (bicyclic) bond motifs is 2. The molecule has 0 bridgehead atoms. The molecule has 6 aromatic rings. The minimum atomic E-state index is -0.127. The summed E-state index contributed by atoms with van der Waals surface area (Å²) in [5.41, 5.74) is 12.4. The molecule has 260 valence electrons. The fourth-order valence-corrected chi connectivity index (χ4v) is 6.29. The molecule has 2 aliphatic heterocycles. The highest BCUT2D eigenvalue weighted by Crippen LogP contribution is 2.33. The van der Waals surface area contributed by atoms with Gasteiger partial charge in [0.2, 0.25) is 0 Å². The van der Waals surface area contributed by atoms with Gasteiger partial charge < -0.3 is 26.0 Å². The minimum absolute atomic E-state index is 0.103. The summed E-state index contributed by atoms with van der Waals surface area (Å²) < 4.78 is 5.36. The first kappa shape index (κ1) is 33.6. The summed E-state index contributed by atoms with van der Waals surface area (Å²) in [6.07, 6.45) is 4.17. The summed E-state index contributed by atoms with van der Waals surface area (Å²) >= 11 is 0. The van der Waals surface area contributed by atoms with Crippen LogP contribution in [0.3, 0.4) is 0 Å². The van der Waals surface area contributed by atoms with Crippen molar-refractivity contribution in [3.63, 3.8) is 0 Å². The van der Waals surface area contributed by atoms with Gasteiger partial charge in [-0.2, -0.15) is 10.2 Å². The number of nitrogens with zero attached hydrogens (tertiary/aromatic N) is 2. The van der Waals surface area contributed by atoms with Crippen LogP contribution in [0.25, 0.3) is 22.4 Å². The lowest BCUT2D eigenvalue weighted by atomic mass is 9.97. The van der Waals surface area contributed by atoms with Gasteiger partial charge in [-0.05, 0) is 61.7 Å². The normalized spacial score (nSPS) is 14.3. The Bertz CT molecular complexity index is 2370. The molecule has 0 saturated carbocycles. The molecule has 11 nitrogen and oxygen atoms in total. The number of aromatic nitrogens is 4. The number of methoxy groups -OCH3 is 1. The zero-order valence-electron chi connectivity index (χ0n) is 29.2. The number of H-pyrrole nitrogens is 2. The number of rotatable bonds is 8. The standard InChI is InChI=1S/C22H22N4O.C19H16N4O2/c1-13-8-14(2)15(3)16(9-13)10-17-11-21(26-25-17)23-12-19-18-6-4-5-7-20(18)24-22(19)27;1-25-17-9-5-3-7-13(17)16-10-18(23-22-16)20-11-14-12-6-2-4-8-15(12)21-19(14)24/h4-9,11-12H,10H2,1-3H3,(H,24,27)(H2,23,25,26);2-11H,1H3,(H,21,24)(H2,20,22,23). The molecular weight excluding hydrogens is 653 g/mol. The fraction of sp³-hybridized carbons (Fsp3) is 0.122. The molecule has 2 amide bonds. The van der Waals surface area contributed by atoms with E-state index in [-0.39, 0.29) is 11.8 Å². The van der Waals surface area contributed by atoms with Crippen molar-refractivity contribution >= 4 is 46.0 Å². The van der Waals surface area contributed by atoms with Crippen molar-refractivity contribution in [1.82, 2.24) is 20.4 Å². The van der Waals surface area contributed by atoms with Gasteiger partial charge in [-0.3, -0.25) is 19.8 Å². The second-order valence-corrected chi connectivity index (χ2v) is 12.6. The van der Waals surface area contributed by atoms with E-state index in [1.165, 1.54) is 22.3 Å². The van der Waals surface area contributed by atoms with Crippen molar-refractivity contribution in [2.24, 2.45) is 0 Å². The van der Waals surface area contributed by atoms with Gasteiger partial charge in [0.05, 0.1) is 29.6 Å². The Kier molecular flexibility index (Phi) is 9.40. The molecule has 0 aliphatic carbocycles. The summed E-state index contributed by atoms with van der Waals surface area (Å²) in [5, 5.41) is 26.6. The van der Waals surface area contributed by atoms with Gasteiger partial charge in [0.15, 0.2) is 0 Å². The van der Waals surface area contributed by atoms with Crippen LogP contribution in [0.4, 0.5) is 23.0 Å². The molecule has 11 heteroatoms. The number of aromatic amines is 2. The number of benzene rings is 4. The molecule has 0 saturated heterocycles. The summed E-state index contributed by atoms with van der Waals surface area (Å²) in [6, 6.07) is 31.2. The van der Waals surface area contributed by atoms with Crippen LogP contribution in [0.15, 0.2) is 109 Å². The topological polar surface area (TPSA) is 149 Å². The van der Waals surface area contributed by atoms with Crippen LogP contribution < -0.4 is 26.0 Å². The van der Waals surface area contributed by atoms with Crippen LogP contribution in [-0.2, 0) is 16.0 Å². The average molecular weight is 691 g/mol. The maximum Gasteiger partial charge on any atom is 0.257 e. The van der Waals surface area contributed by atoms with E-state index >= 15 is 0 Å². The SMILES string of the molecule is COc1ccccc1-c1cc(NC=C2C(=O)Nc3ccccc32)[nH]n1.Cc1cc(C)c(C)c(Cc2cc(NC=C3C(=O)Nc4ccccc43)[nH]n2)c1. The number of ether oxygens (including phenoxy) is 1. The summed E-state index contributed by atoms with van der Waals surface area (Å²) in [5.74, 6) is 1.97. The third-order valence-corrected chi connectivity index (χ3v) is 9.05. The summed E-state index contributed by atoms with van der Waals surface area (Å²) in [4.78, 5) is 24.3.